The number of furan rings is 1. The average molecular weight is 366 g/mol. The van der Waals surface area contributed by atoms with Gasteiger partial charge in [0.2, 0.25) is 10.0 Å². The number of nitrogens with zero attached hydrogens (tertiary/aromatic N) is 1. The summed E-state index contributed by atoms with van der Waals surface area (Å²) < 4.78 is 31.8. The highest BCUT2D eigenvalue weighted by Gasteiger charge is 2.31. The van der Waals surface area contributed by atoms with Crippen molar-refractivity contribution in [2.45, 2.75) is 44.0 Å². The van der Waals surface area contributed by atoms with Crippen molar-refractivity contribution in [3.63, 3.8) is 0 Å². The van der Waals surface area contributed by atoms with Gasteiger partial charge in [0, 0.05) is 31.2 Å². The topological polar surface area (TPSA) is 106 Å². The SMILES string of the molecule is Cc1oc(C(=O)NCC(C)(C)N)cc1S(=O)(=O)N1CCCC1.Cl. The number of sulfonamides is 1. The minimum atomic E-state index is -3.59. The van der Waals surface area contributed by atoms with Gasteiger partial charge in [0.15, 0.2) is 5.76 Å². The zero-order chi connectivity index (χ0) is 16.5. The average Bonchev–Trinajstić information content (AvgIpc) is 3.04. The molecule has 0 aliphatic carbocycles. The monoisotopic (exact) mass is 365 g/mol. The van der Waals surface area contributed by atoms with Crippen molar-refractivity contribution < 1.29 is 17.6 Å². The Kier molecular flexibility index (Phi) is 6.25. The molecule has 0 spiro atoms. The molecule has 0 unspecified atom stereocenters. The molecule has 0 radical (unpaired) electrons. The summed E-state index contributed by atoms with van der Waals surface area (Å²) in [7, 11) is -3.59. The molecule has 1 fully saturated rings. The van der Waals surface area contributed by atoms with Crippen LogP contribution in [0, 0.1) is 6.92 Å². The maximum absolute atomic E-state index is 12.5. The lowest BCUT2D eigenvalue weighted by Gasteiger charge is -2.18. The van der Waals surface area contributed by atoms with Crippen LogP contribution in [-0.4, -0.2) is 43.8 Å². The highest BCUT2D eigenvalue weighted by molar-refractivity contribution is 7.89. The van der Waals surface area contributed by atoms with E-state index in [0.29, 0.717) is 13.1 Å². The Hall–Kier alpha value is -1.09. The van der Waals surface area contributed by atoms with E-state index in [0.717, 1.165) is 12.8 Å². The first kappa shape index (κ1) is 20.0. The Balaban J connectivity index is 0.00000264. The number of hydrogen-bond donors (Lipinski definition) is 2. The van der Waals surface area contributed by atoms with Gasteiger partial charge in [-0.15, -0.1) is 12.4 Å². The Labute approximate surface area is 143 Å². The Morgan fingerprint density at radius 1 is 1.39 bits per heavy atom. The molecular formula is C14H24ClN3O4S. The van der Waals surface area contributed by atoms with E-state index < -0.39 is 21.5 Å². The number of aryl methyl sites for hydroxylation is 1. The molecule has 0 bridgehead atoms. The van der Waals surface area contributed by atoms with Gasteiger partial charge in [0.25, 0.3) is 5.91 Å². The number of hydrogen-bond acceptors (Lipinski definition) is 5. The van der Waals surface area contributed by atoms with Crippen molar-refractivity contribution in [1.29, 1.82) is 0 Å². The maximum atomic E-state index is 12.5. The van der Waals surface area contributed by atoms with Gasteiger partial charge in [-0.2, -0.15) is 4.31 Å². The number of nitrogens with two attached hydrogens (primary N) is 1. The van der Waals surface area contributed by atoms with Gasteiger partial charge in [-0.3, -0.25) is 4.79 Å². The zero-order valence-corrected chi connectivity index (χ0v) is 15.2. The van der Waals surface area contributed by atoms with E-state index in [9.17, 15) is 13.2 Å². The fourth-order valence-corrected chi connectivity index (χ4v) is 3.97. The number of carbonyl (C=O) groups is 1. The predicted molar refractivity (Wildman–Crippen MR) is 89.3 cm³/mol. The summed E-state index contributed by atoms with van der Waals surface area (Å²) in [4.78, 5) is 12.1. The van der Waals surface area contributed by atoms with Crippen molar-refractivity contribution in [3.8, 4) is 0 Å². The van der Waals surface area contributed by atoms with Crippen molar-refractivity contribution in [2.24, 2.45) is 5.73 Å². The molecule has 3 N–H and O–H groups in total. The van der Waals surface area contributed by atoms with Crippen LogP contribution >= 0.6 is 12.4 Å². The van der Waals surface area contributed by atoms with Gasteiger partial charge in [-0.25, -0.2) is 8.42 Å². The summed E-state index contributed by atoms with van der Waals surface area (Å²) in [6.45, 7) is 6.39. The smallest absolute Gasteiger partial charge is 0.287 e. The Bertz CT molecular complexity index is 658. The van der Waals surface area contributed by atoms with Crippen LogP contribution in [0.25, 0.3) is 0 Å². The lowest BCUT2D eigenvalue weighted by Crippen LogP contribution is -2.45. The normalized spacial score (nSPS) is 16.2. The van der Waals surface area contributed by atoms with Crippen LogP contribution < -0.4 is 11.1 Å². The van der Waals surface area contributed by atoms with E-state index in [4.69, 9.17) is 10.2 Å². The van der Waals surface area contributed by atoms with E-state index in [1.165, 1.54) is 10.4 Å². The fraction of sp³-hybridized carbons (Fsp3) is 0.643. The molecule has 0 aromatic carbocycles. The van der Waals surface area contributed by atoms with Gasteiger partial charge < -0.3 is 15.5 Å². The summed E-state index contributed by atoms with van der Waals surface area (Å²) in [6, 6.07) is 1.29. The third kappa shape index (κ3) is 4.69. The lowest BCUT2D eigenvalue weighted by atomic mass is 10.1. The molecule has 9 heteroatoms. The molecule has 0 saturated carbocycles. The van der Waals surface area contributed by atoms with Gasteiger partial charge in [0.1, 0.15) is 10.7 Å². The number of carbonyl (C=O) groups excluding carboxylic acids is 1. The summed E-state index contributed by atoms with van der Waals surface area (Å²) in [6.07, 6.45) is 1.71. The molecular weight excluding hydrogens is 342 g/mol. The largest absolute Gasteiger partial charge is 0.455 e. The molecule has 1 aromatic heterocycles. The van der Waals surface area contributed by atoms with Crippen molar-refractivity contribution >= 4 is 28.3 Å². The van der Waals surface area contributed by atoms with Gasteiger partial charge in [-0.1, -0.05) is 0 Å². The molecule has 1 amide bonds. The number of amides is 1. The molecule has 1 aromatic rings. The predicted octanol–water partition coefficient (Wildman–Crippen LogP) is 1.26. The second-order valence-corrected chi connectivity index (χ2v) is 8.22. The van der Waals surface area contributed by atoms with Gasteiger partial charge in [-0.05, 0) is 33.6 Å². The summed E-state index contributed by atoms with van der Waals surface area (Å²) in [5.41, 5.74) is 5.25. The molecule has 7 nitrogen and oxygen atoms in total. The van der Waals surface area contributed by atoms with Crippen molar-refractivity contribution in [1.82, 2.24) is 9.62 Å². The molecule has 1 aliphatic rings. The van der Waals surface area contributed by atoms with Gasteiger partial charge >= 0.3 is 0 Å². The zero-order valence-electron chi connectivity index (χ0n) is 13.6. The van der Waals surface area contributed by atoms with E-state index in [2.05, 4.69) is 5.32 Å². The maximum Gasteiger partial charge on any atom is 0.287 e. The second-order valence-electron chi connectivity index (χ2n) is 6.31. The fourth-order valence-electron chi connectivity index (χ4n) is 2.30. The van der Waals surface area contributed by atoms with Crippen LogP contribution in [0.4, 0.5) is 0 Å². The van der Waals surface area contributed by atoms with Crippen LogP contribution in [-0.2, 0) is 10.0 Å². The van der Waals surface area contributed by atoms with E-state index in [-0.39, 0.29) is 35.4 Å². The lowest BCUT2D eigenvalue weighted by molar-refractivity contribution is 0.0917. The van der Waals surface area contributed by atoms with Crippen LogP contribution in [0.3, 0.4) is 0 Å². The quantitative estimate of drug-likeness (QED) is 0.817. The van der Waals surface area contributed by atoms with E-state index in [1.807, 2.05) is 0 Å². The minimum absolute atomic E-state index is 0. The molecule has 1 aliphatic heterocycles. The van der Waals surface area contributed by atoms with E-state index in [1.54, 1.807) is 20.8 Å². The first-order valence-corrected chi connectivity index (χ1v) is 8.73. The van der Waals surface area contributed by atoms with Crippen molar-refractivity contribution in [2.75, 3.05) is 19.6 Å². The minimum Gasteiger partial charge on any atom is -0.455 e. The number of nitrogens with one attached hydrogen (secondary N) is 1. The Morgan fingerprint density at radius 2 is 1.96 bits per heavy atom. The summed E-state index contributed by atoms with van der Waals surface area (Å²) >= 11 is 0. The van der Waals surface area contributed by atoms with Gasteiger partial charge in [0.05, 0.1) is 0 Å². The van der Waals surface area contributed by atoms with Crippen LogP contribution in [0.1, 0.15) is 43.0 Å². The van der Waals surface area contributed by atoms with E-state index >= 15 is 0 Å². The molecule has 0 atom stereocenters. The third-order valence-corrected chi connectivity index (χ3v) is 5.49. The van der Waals surface area contributed by atoms with Crippen LogP contribution in [0.2, 0.25) is 0 Å². The first-order valence-electron chi connectivity index (χ1n) is 7.29. The molecule has 1 saturated heterocycles. The second kappa shape index (κ2) is 7.21. The van der Waals surface area contributed by atoms with Crippen molar-refractivity contribution in [3.05, 3.63) is 17.6 Å². The standard InChI is InChI=1S/C14H23N3O4S.ClH/c1-10-12(22(19,20)17-6-4-5-7-17)8-11(21-10)13(18)16-9-14(2,3)15;/h8H,4-7,9,15H2,1-3H3,(H,16,18);1H. The highest BCUT2D eigenvalue weighted by Crippen LogP contribution is 2.26. The first-order chi connectivity index (χ1) is 10.1. The number of halogens is 1. The highest BCUT2D eigenvalue weighted by atomic mass is 35.5. The summed E-state index contributed by atoms with van der Waals surface area (Å²) in [5, 5.41) is 2.63. The number of rotatable bonds is 5. The molecule has 2 rings (SSSR count). The molecule has 2 heterocycles. The molecule has 132 valence electrons. The third-order valence-electron chi connectivity index (χ3n) is 3.48. The van der Waals surface area contributed by atoms with Crippen LogP contribution in [0.15, 0.2) is 15.4 Å². The molecule has 23 heavy (non-hydrogen) atoms. The Morgan fingerprint density at radius 3 is 2.48 bits per heavy atom. The summed E-state index contributed by atoms with van der Waals surface area (Å²) in [5.74, 6) is -0.256. The van der Waals surface area contributed by atoms with Crippen LogP contribution in [0.5, 0.6) is 0 Å².